The maximum absolute atomic E-state index is 12.3. The number of hydrogen-bond donors (Lipinski definition) is 1. The second-order valence-electron chi connectivity index (χ2n) is 6.16. The zero-order chi connectivity index (χ0) is 16.3. The summed E-state index contributed by atoms with van der Waals surface area (Å²) < 4.78 is 0. The van der Waals surface area contributed by atoms with Crippen LogP contribution in [0.15, 0.2) is 48.8 Å². The molecule has 0 atom stereocenters. The van der Waals surface area contributed by atoms with Crippen LogP contribution in [-0.4, -0.2) is 29.4 Å². The van der Waals surface area contributed by atoms with Crippen LogP contribution in [0.5, 0.6) is 0 Å². The van der Waals surface area contributed by atoms with E-state index in [0.29, 0.717) is 11.6 Å². The van der Waals surface area contributed by atoms with Crippen LogP contribution in [0.3, 0.4) is 0 Å². The highest BCUT2D eigenvalue weighted by molar-refractivity contribution is 6.30. The highest BCUT2D eigenvalue weighted by atomic mass is 35.5. The van der Waals surface area contributed by atoms with E-state index >= 15 is 0 Å². The van der Waals surface area contributed by atoms with E-state index in [1.54, 1.807) is 12.4 Å². The fraction of sp³-hybridized carbons (Fsp3) is 0.333. The molecule has 4 nitrogen and oxygen atoms in total. The van der Waals surface area contributed by atoms with E-state index in [-0.39, 0.29) is 11.4 Å². The summed E-state index contributed by atoms with van der Waals surface area (Å²) in [5, 5.41) is 3.90. The molecule has 1 amide bonds. The van der Waals surface area contributed by atoms with Gasteiger partial charge in [-0.2, -0.15) is 0 Å². The van der Waals surface area contributed by atoms with Gasteiger partial charge in [0.1, 0.15) is 0 Å². The van der Waals surface area contributed by atoms with Crippen LogP contribution < -0.4 is 5.32 Å². The van der Waals surface area contributed by atoms with E-state index < -0.39 is 0 Å². The number of halogens is 1. The lowest BCUT2D eigenvalue weighted by Gasteiger charge is -2.21. The van der Waals surface area contributed by atoms with Gasteiger partial charge in [-0.15, -0.1) is 0 Å². The molecule has 0 spiro atoms. The predicted molar refractivity (Wildman–Crippen MR) is 91.1 cm³/mol. The minimum absolute atomic E-state index is 0.0500. The maximum Gasteiger partial charge on any atom is 0.234 e. The van der Waals surface area contributed by atoms with Gasteiger partial charge in [-0.25, -0.2) is 0 Å². The zero-order valence-corrected chi connectivity index (χ0v) is 13.9. The molecule has 0 aliphatic heterocycles. The van der Waals surface area contributed by atoms with Gasteiger partial charge in [-0.3, -0.25) is 14.7 Å². The van der Waals surface area contributed by atoms with Crippen molar-refractivity contribution in [3.05, 3.63) is 64.9 Å². The Hall–Kier alpha value is -1.91. The molecule has 3 rings (SSSR count). The number of rotatable bonds is 6. The van der Waals surface area contributed by atoms with E-state index in [2.05, 4.69) is 10.3 Å². The van der Waals surface area contributed by atoms with Crippen LogP contribution in [0.25, 0.3) is 0 Å². The third kappa shape index (κ3) is 4.09. The Morgan fingerprint density at radius 1 is 1.22 bits per heavy atom. The molecule has 0 saturated heterocycles. The second-order valence-corrected chi connectivity index (χ2v) is 6.60. The van der Waals surface area contributed by atoms with Crippen molar-refractivity contribution in [1.82, 2.24) is 15.2 Å². The molecule has 1 fully saturated rings. The van der Waals surface area contributed by atoms with Crippen LogP contribution in [0, 0.1) is 0 Å². The Kier molecular flexibility index (Phi) is 4.64. The van der Waals surface area contributed by atoms with Crippen LogP contribution >= 0.6 is 11.6 Å². The minimum Gasteiger partial charge on any atom is -0.345 e. The third-order valence-corrected chi connectivity index (χ3v) is 4.39. The molecule has 0 unspecified atom stereocenters. The molecule has 23 heavy (non-hydrogen) atoms. The summed E-state index contributed by atoms with van der Waals surface area (Å²) in [6.07, 6.45) is 5.49. The van der Waals surface area contributed by atoms with Gasteiger partial charge in [0.25, 0.3) is 0 Å². The van der Waals surface area contributed by atoms with Crippen LogP contribution in [-0.2, 0) is 16.9 Å². The van der Waals surface area contributed by atoms with E-state index in [1.165, 1.54) is 0 Å². The number of likely N-dealkylation sites (N-methyl/N-ethyl adjacent to an activating group) is 1. The largest absolute Gasteiger partial charge is 0.345 e. The Labute approximate surface area is 141 Å². The number of nitrogens with zero attached hydrogens (tertiary/aromatic N) is 2. The molecule has 1 saturated carbocycles. The number of benzene rings is 1. The standard InChI is InChI=1S/C18H20ClN3O/c1-22(12-14-6-10-20-11-7-14)13-17(23)21-18(8-9-18)15-2-4-16(19)5-3-15/h2-7,10-11H,8-9,12-13H2,1H3,(H,21,23). The first-order valence-electron chi connectivity index (χ1n) is 7.72. The van der Waals surface area contributed by atoms with Crippen LogP contribution in [0.1, 0.15) is 24.0 Å². The maximum atomic E-state index is 12.3. The summed E-state index contributed by atoms with van der Waals surface area (Å²) in [7, 11) is 1.95. The highest BCUT2D eigenvalue weighted by Crippen LogP contribution is 2.45. The third-order valence-electron chi connectivity index (χ3n) is 4.14. The number of amides is 1. The summed E-state index contributed by atoms with van der Waals surface area (Å²) in [5.74, 6) is 0.0500. The van der Waals surface area contributed by atoms with Gasteiger partial charge in [-0.05, 0) is 55.3 Å². The summed E-state index contributed by atoms with van der Waals surface area (Å²) in [6.45, 7) is 1.10. The minimum atomic E-state index is -0.195. The number of aromatic nitrogens is 1. The predicted octanol–water partition coefficient (Wildman–Crippen LogP) is 2.97. The molecule has 1 heterocycles. The van der Waals surface area contributed by atoms with E-state index in [0.717, 1.165) is 30.5 Å². The molecule has 1 aromatic carbocycles. The molecular weight excluding hydrogens is 310 g/mol. The fourth-order valence-corrected chi connectivity index (χ4v) is 2.91. The molecule has 1 aliphatic rings. The first-order chi connectivity index (χ1) is 11.1. The van der Waals surface area contributed by atoms with Crippen molar-refractivity contribution >= 4 is 17.5 Å². The van der Waals surface area contributed by atoms with Gasteiger partial charge >= 0.3 is 0 Å². The quantitative estimate of drug-likeness (QED) is 0.886. The number of nitrogens with one attached hydrogen (secondary N) is 1. The monoisotopic (exact) mass is 329 g/mol. The Morgan fingerprint density at radius 3 is 2.48 bits per heavy atom. The van der Waals surface area contributed by atoms with Gasteiger partial charge in [-0.1, -0.05) is 23.7 Å². The molecular formula is C18H20ClN3O. The lowest BCUT2D eigenvalue weighted by molar-refractivity contribution is -0.123. The van der Waals surface area contributed by atoms with Crippen LogP contribution in [0.2, 0.25) is 5.02 Å². The zero-order valence-electron chi connectivity index (χ0n) is 13.1. The Bertz CT molecular complexity index is 668. The first kappa shape index (κ1) is 16.0. The van der Waals surface area contributed by atoms with Crippen molar-refractivity contribution in [3.63, 3.8) is 0 Å². The van der Waals surface area contributed by atoms with Crippen molar-refractivity contribution < 1.29 is 4.79 Å². The smallest absolute Gasteiger partial charge is 0.234 e. The van der Waals surface area contributed by atoms with Crippen molar-refractivity contribution in [2.75, 3.05) is 13.6 Å². The molecule has 1 aliphatic carbocycles. The molecule has 1 N–H and O–H groups in total. The van der Waals surface area contributed by atoms with Crippen LogP contribution in [0.4, 0.5) is 0 Å². The summed E-state index contributed by atoms with van der Waals surface area (Å²) >= 11 is 5.94. The summed E-state index contributed by atoms with van der Waals surface area (Å²) in [6, 6.07) is 11.7. The first-order valence-corrected chi connectivity index (χ1v) is 8.10. The number of hydrogen-bond acceptors (Lipinski definition) is 3. The lowest BCUT2D eigenvalue weighted by atomic mass is 10.1. The molecule has 2 aromatic rings. The number of carbonyl (C=O) groups excluding carboxylic acids is 1. The van der Waals surface area contributed by atoms with Gasteiger partial charge in [0.2, 0.25) is 5.91 Å². The normalized spacial score (nSPS) is 15.4. The van der Waals surface area contributed by atoms with Gasteiger partial charge in [0.15, 0.2) is 0 Å². The topological polar surface area (TPSA) is 45.2 Å². The van der Waals surface area contributed by atoms with Crippen molar-refractivity contribution in [3.8, 4) is 0 Å². The molecule has 0 radical (unpaired) electrons. The fourth-order valence-electron chi connectivity index (χ4n) is 2.79. The second kappa shape index (κ2) is 6.69. The SMILES string of the molecule is CN(CC(=O)NC1(c2ccc(Cl)cc2)CC1)Cc1ccncc1. The summed E-state index contributed by atoms with van der Waals surface area (Å²) in [4.78, 5) is 18.4. The highest BCUT2D eigenvalue weighted by Gasteiger charge is 2.45. The number of carbonyl (C=O) groups is 1. The Balaban J connectivity index is 1.56. The average molecular weight is 330 g/mol. The van der Waals surface area contributed by atoms with E-state index in [1.807, 2.05) is 48.3 Å². The van der Waals surface area contributed by atoms with E-state index in [4.69, 9.17) is 11.6 Å². The van der Waals surface area contributed by atoms with Crippen molar-refractivity contribution in [1.29, 1.82) is 0 Å². The molecule has 5 heteroatoms. The van der Waals surface area contributed by atoms with Crippen molar-refractivity contribution in [2.24, 2.45) is 0 Å². The van der Waals surface area contributed by atoms with Gasteiger partial charge < -0.3 is 5.32 Å². The molecule has 1 aromatic heterocycles. The Morgan fingerprint density at radius 2 is 1.87 bits per heavy atom. The molecule has 0 bridgehead atoms. The van der Waals surface area contributed by atoms with Gasteiger partial charge in [0.05, 0.1) is 12.1 Å². The molecule has 120 valence electrons. The van der Waals surface area contributed by atoms with E-state index in [9.17, 15) is 4.79 Å². The summed E-state index contributed by atoms with van der Waals surface area (Å²) in [5.41, 5.74) is 2.08. The van der Waals surface area contributed by atoms with Crippen molar-refractivity contribution in [2.45, 2.75) is 24.9 Å². The lowest BCUT2D eigenvalue weighted by Crippen LogP contribution is -2.41. The number of pyridine rings is 1. The average Bonchev–Trinajstić information content (AvgIpc) is 3.29. The van der Waals surface area contributed by atoms with Gasteiger partial charge in [0, 0.05) is 24.0 Å².